The third kappa shape index (κ3) is 3.22. The van der Waals surface area contributed by atoms with E-state index in [-0.39, 0.29) is 21.7 Å². The lowest BCUT2D eigenvalue weighted by Gasteiger charge is -2.24. The van der Waals surface area contributed by atoms with E-state index in [0.29, 0.717) is 27.3 Å². The Morgan fingerprint density at radius 2 is 1.89 bits per heavy atom. The van der Waals surface area contributed by atoms with E-state index in [0.717, 1.165) is 11.3 Å². The molecule has 0 radical (unpaired) electrons. The molecule has 1 aromatic heterocycles. The molecular formula is C20H12BrF2NO3S. The third-order valence-electron chi connectivity index (χ3n) is 4.58. The van der Waals surface area contributed by atoms with Crippen molar-refractivity contribution in [1.82, 2.24) is 0 Å². The SMILES string of the molecule is O=C1CC(c2ccc(F)c(Br)c2)c2sc(C(=O)O)c(-c3ccc(F)cc3)c2N1. The van der Waals surface area contributed by atoms with Gasteiger partial charge in [-0.15, -0.1) is 11.3 Å². The average molecular weight is 464 g/mol. The molecule has 1 aliphatic heterocycles. The molecular weight excluding hydrogens is 452 g/mol. The van der Waals surface area contributed by atoms with Crippen LogP contribution in [0.15, 0.2) is 46.9 Å². The van der Waals surface area contributed by atoms with E-state index in [1.165, 1.54) is 30.3 Å². The van der Waals surface area contributed by atoms with Crippen molar-refractivity contribution in [2.24, 2.45) is 0 Å². The van der Waals surface area contributed by atoms with Crippen LogP contribution in [0.2, 0.25) is 0 Å². The van der Waals surface area contributed by atoms with Crippen molar-refractivity contribution in [3.63, 3.8) is 0 Å². The summed E-state index contributed by atoms with van der Waals surface area (Å²) in [6, 6.07) is 9.93. The van der Waals surface area contributed by atoms with Crippen LogP contribution in [0.4, 0.5) is 14.5 Å². The molecule has 0 spiro atoms. The minimum absolute atomic E-state index is 0.0602. The van der Waals surface area contributed by atoms with E-state index < -0.39 is 23.5 Å². The molecule has 0 aliphatic carbocycles. The zero-order chi connectivity index (χ0) is 20.0. The Bertz CT molecular complexity index is 1110. The number of benzene rings is 2. The molecule has 1 atom stereocenters. The van der Waals surface area contributed by atoms with Gasteiger partial charge in [-0.05, 0) is 51.3 Å². The maximum Gasteiger partial charge on any atom is 0.346 e. The highest BCUT2D eigenvalue weighted by Crippen LogP contribution is 2.49. The Hall–Kier alpha value is -2.58. The van der Waals surface area contributed by atoms with E-state index in [1.807, 2.05) is 0 Å². The second-order valence-electron chi connectivity index (χ2n) is 6.34. The summed E-state index contributed by atoms with van der Waals surface area (Å²) in [6.45, 7) is 0. The number of hydrogen-bond donors (Lipinski definition) is 2. The van der Waals surface area contributed by atoms with Crippen molar-refractivity contribution in [1.29, 1.82) is 0 Å². The number of aromatic carboxylic acids is 1. The number of thiophene rings is 1. The van der Waals surface area contributed by atoms with Crippen molar-refractivity contribution in [3.8, 4) is 11.1 Å². The van der Waals surface area contributed by atoms with Crippen molar-refractivity contribution in [2.45, 2.75) is 12.3 Å². The summed E-state index contributed by atoms with van der Waals surface area (Å²) in [4.78, 5) is 25.0. The molecule has 1 unspecified atom stereocenters. The second-order valence-corrected chi connectivity index (χ2v) is 8.24. The summed E-state index contributed by atoms with van der Waals surface area (Å²) in [7, 11) is 0. The Balaban J connectivity index is 1.93. The lowest BCUT2D eigenvalue weighted by Crippen LogP contribution is -2.22. The minimum Gasteiger partial charge on any atom is -0.477 e. The van der Waals surface area contributed by atoms with Gasteiger partial charge in [-0.1, -0.05) is 18.2 Å². The first kappa shape index (κ1) is 18.8. The number of hydrogen-bond acceptors (Lipinski definition) is 3. The molecule has 0 fully saturated rings. The summed E-state index contributed by atoms with van der Waals surface area (Å²) in [5.74, 6) is -2.67. The summed E-state index contributed by atoms with van der Waals surface area (Å²) >= 11 is 4.22. The molecule has 28 heavy (non-hydrogen) atoms. The molecule has 0 saturated heterocycles. The Kier molecular flexibility index (Phi) is 4.76. The standard InChI is InChI=1S/C20H12BrF2NO3S/c21-13-7-10(3-6-14(13)23)12-8-15(25)24-17-16(9-1-4-11(22)5-2-9)19(20(26)27)28-18(12)17/h1-7,12H,8H2,(H,24,25)(H,26,27). The van der Waals surface area contributed by atoms with Gasteiger partial charge < -0.3 is 10.4 Å². The van der Waals surface area contributed by atoms with Gasteiger partial charge in [0.2, 0.25) is 5.91 Å². The smallest absolute Gasteiger partial charge is 0.346 e. The van der Waals surface area contributed by atoms with Gasteiger partial charge in [0.15, 0.2) is 0 Å². The van der Waals surface area contributed by atoms with Crippen LogP contribution in [0.25, 0.3) is 11.1 Å². The van der Waals surface area contributed by atoms with E-state index >= 15 is 0 Å². The zero-order valence-electron chi connectivity index (χ0n) is 14.1. The number of halogens is 3. The van der Waals surface area contributed by atoms with Crippen LogP contribution in [0.3, 0.4) is 0 Å². The van der Waals surface area contributed by atoms with Gasteiger partial charge in [-0.2, -0.15) is 0 Å². The number of rotatable bonds is 3. The lowest BCUT2D eigenvalue weighted by molar-refractivity contribution is -0.116. The van der Waals surface area contributed by atoms with Crippen molar-refractivity contribution in [2.75, 3.05) is 5.32 Å². The van der Waals surface area contributed by atoms with Gasteiger partial charge in [0, 0.05) is 22.8 Å². The molecule has 1 aliphatic rings. The quantitative estimate of drug-likeness (QED) is 0.528. The number of amides is 1. The van der Waals surface area contributed by atoms with E-state index in [4.69, 9.17) is 0 Å². The first-order valence-electron chi connectivity index (χ1n) is 8.26. The van der Waals surface area contributed by atoms with Crippen LogP contribution in [0.1, 0.15) is 32.5 Å². The van der Waals surface area contributed by atoms with Gasteiger partial charge in [-0.3, -0.25) is 4.79 Å². The first-order valence-corrected chi connectivity index (χ1v) is 9.87. The molecule has 4 nitrogen and oxygen atoms in total. The number of carboxylic acid groups (broad SMARTS) is 1. The highest BCUT2D eigenvalue weighted by molar-refractivity contribution is 9.10. The first-order chi connectivity index (χ1) is 13.3. The Morgan fingerprint density at radius 3 is 2.54 bits per heavy atom. The normalized spacial score (nSPS) is 15.8. The van der Waals surface area contributed by atoms with Crippen molar-refractivity contribution < 1.29 is 23.5 Å². The van der Waals surface area contributed by atoms with Crippen LogP contribution in [-0.4, -0.2) is 17.0 Å². The topological polar surface area (TPSA) is 66.4 Å². The number of nitrogens with one attached hydrogen (secondary N) is 1. The summed E-state index contributed by atoms with van der Waals surface area (Å²) in [5, 5.41) is 12.5. The minimum atomic E-state index is -1.13. The predicted octanol–water partition coefficient (Wildman–Crippen LogP) is 5.63. The molecule has 0 bridgehead atoms. The van der Waals surface area contributed by atoms with Gasteiger partial charge in [0.05, 0.1) is 10.2 Å². The van der Waals surface area contributed by atoms with E-state index in [9.17, 15) is 23.5 Å². The molecule has 3 aromatic rings. The molecule has 2 aromatic carbocycles. The number of anilines is 1. The third-order valence-corrected chi connectivity index (χ3v) is 6.48. The molecule has 1 amide bonds. The Labute approximate surface area is 171 Å². The average Bonchev–Trinajstić information content (AvgIpc) is 3.03. The molecule has 2 heterocycles. The fourth-order valence-electron chi connectivity index (χ4n) is 3.33. The molecule has 8 heteroatoms. The fraction of sp³-hybridized carbons (Fsp3) is 0.100. The predicted molar refractivity (Wildman–Crippen MR) is 106 cm³/mol. The lowest BCUT2D eigenvalue weighted by atomic mass is 9.88. The molecule has 4 rings (SSSR count). The van der Waals surface area contributed by atoms with Gasteiger partial charge in [-0.25, -0.2) is 13.6 Å². The maximum absolute atomic E-state index is 13.6. The molecule has 2 N–H and O–H groups in total. The monoisotopic (exact) mass is 463 g/mol. The van der Waals surface area contributed by atoms with Crippen molar-refractivity contribution >= 4 is 44.8 Å². The van der Waals surface area contributed by atoms with Crippen LogP contribution >= 0.6 is 27.3 Å². The van der Waals surface area contributed by atoms with E-state index in [2.05, 4.69) is 21.2 Å². The highest BCUT2D eigenvalue weighted by Gasteiger charge is 2.34. The number of carbonyl (C=O) groups excluding carboxylic acids is 1. The summed E-state index contributed by atoms with van der Waals surface area (Å²) < 4.78 is 27.2. The highest BCUT2D eigenvalue weighted by atomic mass is 79.9. The zero-order valence-corrected chi connectivity index (χ0v) is 16.5. The number of carboxylic acids is 1. The van der Waals surface area contributed by atoms with Gasteiger partial charge >= 0.3 is 5.97 Å². The molecule has 0 saturated carbocycles. The van der Waals surface area contributed by atoms with Crippen LogP contribution < -0.4 is 5.32 Å². The number of fused-ring (bicyclic) bond motifs is 1. The van der Waals surface area contributed by atoms with Gasteiger partial charge in [0.25, 0.3) is 0 Å². The van der Waals surface area contributed by atoms with Crippen LogP contribution in [-0.2, 0) is 4.79 Å². The second kappa shape index (κ2) is 7.10. The Morgan fingerprint density at radius 1 is 1.18 bits per heavy atom. The van der Waals surface area contributed by atoms with Gasteiger partial charge in [0.1, 0.15) is 16.5 Å². The van der Waals surface area contributed by atoms with E-state index in [1.54, 1.807) is 12.1 Å². The van der Waals surface area contributed by atoms with Crippen LogP contribution in [0, 0.1) is 11.6 Å². The summed E-state index contributed by atoms with van der Waals surface area (Å²) in [5.41, 5.74) is 1.97. The fourth-order valence-corrected chi connectivity index (χ4v) is 4.97. The molecule has 142 valence electrons. The summed E-state index contributed by atoms with van der Waals surface area (Å²) in [6.07, 6.45) is 0.119. The largest absolute Gasteiger partial charge is 0.477 e. The maximum atomic E-state index is 13.6. The number of carbonyl (C=O) groups is 2. The van der Waals surface area contributed by atoms with Crippen molar-refractivity contribution in [3.05, 3.63) is 73.9 Å². The van der Waals surface area contributed by atoms with Crippen LogP contribution in [0.5, 0.6) is 0 Å².